The van der Waals surface area contributed by atoms with Gasteiger partial charge in [-0.1, -0.05) is 24.3 Å². The summed E-state index contributed by atoms with van der Waals surface area (Å²) in [6.45, 7) is 1.18. The Kier molecular flexibility index (Phi) is 6.47. The van der Waals surface area contributed by atoms with Crippen LogP contribution in [0.3, 0.4) is 0 Å². The van der Waals surface area contributed by atoms with Crippen molar-refractivity contribution in [3.63, 3.8) is 0 Å². The lowest BCUT2D eigenvalue weighted by molar-refractivity contribution is -0.115. The normalized spacial score (nSPS) is 12.0. The molecule has 0 atom stereocenters. The molecule has 0 bridgehead atoms. The molecular weight excluding hydrogens is 409 g/mol. The first kappa shape index (κ1) is 21.5. The van der Waals surface area contributed by atoms with E-state index in [2.05, 4.69) is 5.32 Å². The van der Waals surface area contributed by atoms with Gasteiger partial charge in [0.25, 0.3) is 0 Å². The Labute approximate surface area is 186 Å². The van der Waals surface area contributed by atoms with Crippen LogP contribution < -0.4 is 10.1 Å². The highest BCUT2D eigenvalue weighted by atomic mass is 19.1. The number of carbonyl (C=O) groups is 1. The van der Waals surface area contributed by atoms with Crippen LogP contribution in [0.15, 0.2) is 71.7 Å². The van der Waals surface area contributed by atoms with E-state index < -0.39 is 0 Å². The number of ether oxygens (including phenoxy) is 2. The van der Waals surface area contributed by atoms with Crippen LogP contribution in [0.25, 0.3) is 0 Å². The van der Waals surface area contributed by atoms with E-state index in [1.165, 1.54) is 12.1 Å². The van der Waals surface area contributed by atoms with Crippen LogP contribution in [0.1, 0.15) is 11.1 Å². The predicted molar refractivity (Wildman–Crippen MR) is 122 cm³/mol. The number of benzene rings is 3. The lowest BCUT2D eigenvalue weighted by Crippen LogP contribution is -2.30. The van der Waals surface area contributed by atoms with Gasteiger partial charge in [0.2, 0.25) is 5.91 Å². The number of carbonyl (C=O) groups excluding carboxylic acids is 1. The molecule has 0 spiro atoms. The van der Waals surface area contributed by atoms with Gasteiger partial charge in [-0.25, -0.2) is 9.38 Å². The summed E-state index contributed by atoms with van der Waals surface area (Å²) in [6, 6.07) is 19.0. The van der Waals surface area contributed by atoms with E-state index in [1.807, 2.05) is 48.3 Å². The van der Waals surface area contributed by atoms with Gasteiger partial charge in [-0.05, 0) is 48.0 Å². The minimum Gasteiger partial charge on any atom is -0.454 e. The Morgan fingerprint density at radius 3 is 2.66 bits per heavy atom. The number of likely N-dealkylation sites (N-methyl/N-ethyl adjacent to an activating group) is 1. The third-order valence-corrected chi connectivity index (χ3v) is 5.09. The second-order valence-electron chi connectivity index (χ2n) is 7.48. The topological polar surface area (TPSA) is 63.2 Å². The first-order chi connectivity index (χ1) is 15.5. The van der Waals surface area contributed by atoms with Crippen molar-refractivity contribution in [1.82, 2.24) is 4.90 Å². The molecular formula is C25H24FN3O3. The van der Waals surface area contributed by atoms with Crippen molar-refractivity contribution in [3.8, 4) is 11.5 Å². The van der Waals surface area contributed by atoms with E-state index in [0.29, 0.717) is 30.3 Å². The fourth-order valence-electron chi connectivity index (χ4n) is 3.42. The summed E-state index contributed by atoms with van der Waals surface area (Å²) in [5.74, 6) is 1.51. The quantitative estimate of drug-likeness (QED) is 0.608. The van der Waals surface area contributed by atoms with Crippen LogP contribution in [0.4, 0.5) is 15.8 Å². The number of halogens is 1. The molecule has 3 aromatic carbocycles. The van der Waals surface area contributed by atoms with Gasteiger partial charge < -0.3 is 19.7 Å². The van der Waals surface area contributed by atoms with Gasteiger partial charge in [-0.3, -0.25) is 4.79 Å². The molecule has 0 aliphatic carbocycles. The molecule has 0 saturated heterocycles. The standard InChI is InChI=1S/C25H24FN3O3/c1-29(13-14-31-2)25-20-16-19(27-24(30)15-17-7-9-18(26)10-8-17)11-12-22(20)32-23-6-4-3-5-21(23)28-25/h3-12,16H,13-15H2,1-2H3,(H,27,30). The van der Waals surface area contributed by atoms with Crippen LogP contribution in [0.2, 0.25) is 0 Å². The molecule has 3 aromatic rings. The Bertz CT molecular complexity index is 1150. The number of anilines is 1. The number of hydrogen-bond donors (Lipinski definition) is 1. The Hall–Kier alpha value is -3.71. The third kappa shape index (κ3) is 4.95. The minimum absolute atomic E-state index is 0.147. The molecule has 0 fully saturated rings. The summed E-state index contributed by atoms with van der Waals surface area (Å²) in [5, 5.41) is 2.91. The molecule has 164 valence electrons. The molecule has 32 heavy (non-hydrogen) atoms. The highest BCUT2D eigenvalue weighted by Gasteiger charge is 2.21. The second kappa shape index (κ2) is 9.62. The summed E-state index contributed by atoms with van der Waals surface area (Å²) in [5.41, 5.74) is 2.85. The van der Waals surface area contributed by atoms with Gasteiger partial charge in [0.1, 0.15) is 23.1 Å². The zero-order valence-corrected chi connectivity index (χ0v) is 18.0. The van der Waals surface area contributed by atoms with Gasteiger partial charge >= 0.3 is 0 Å². The monoisotopic (exact) mass is 433 g/mol. The SMILES string of the molecule is COCCN(C)C1=Nc2ccccc2Oc2ccc(NC(=O)Cc3ccc(F)cc3)cc21. The number of amides is 1. The molecule has 1 amide bonds. The number of aliphatic imine (C=N–C) groups is 1. The molecule has 1 aliphatic heterocycles. The average Bonchev–Trinajstić information content (AvgIpc) is 2.95. The number of amidine groups is 1. The number of methoxy groups -OCH3 is 1. The zero-order chi connectivity index (χ0) is 22.5. The van der Waals surface area contributed by atoms with Gasteiger partial charge in [-0.2, -0.15) is 0 Å². The van der Waals surface area contributed by atoms with E-state index in [0.717, 1.165) is 22.6 Å². The average molecular weight is 433 g/mol. The number of fused-ring (bicyclic) bond motifs is 2. The van der Waals surface area contributed by atoms with Crippen molar-refractivity contribution < 1.29 is 18.7 Å². The van der Waals surface area contributed by atoms with E-state index in [-0.39, 0.29) is 18.1 Å². The molecule has 0 radical (unpaired) electrons. The maximum Gasteiger partial charge on any atom is 0.228 e. The molecule has 1 N–H and O–H groups in total. The van der Waals surface area contributed by atoms with Crippen molar-refractivity contribution in [1.29, 1.82) is 0 Å². The van der Waals surface area contributed by atoms with Gasteiger partial charge in [0.05, 0.1) is 18.6 Å². The Balaban J connectivity index is 1.62. The van der Waals surface area contributed by atoms with Crippen molar-refractivity contribution in [2.24, 2.45) is 4.99 Å². The Morgan fingerprint density at radius 2 is 1.88 bits per heavy atom. The van der Waals surface area contributed by atoms with Crippen LogP contribution in [-0.2, 0) is 16.0 Å². The van der Waals surface area contributed by atoms with Crippen molar-refractivity contribution in [2.45, 2.75) is 6.42 Å². The maximum absolute atomic E-state index is 13.1. The minimum atomic E-state index is -0.328. The fraction of sp³-hybridized carbons (Fsp3) is 0.200. The lowest BCUT2D eigenvalue weighted by atomic mass is 10.1. The van der Waals surface area contributed by atoms with Crippen LogP contribution in [0.5, 0.6) is 11.5 Å². The number of hydrogen-bond acceptors (Lipinski definition) is 5. The first-order valence-electron chi connectivity index (χ1n) is 10.3. The molecule has 4 rings (SSSR count). The summed E-state index contributed by atoms with van der Waals surface area (Å²) >= 11 is 0. The fourth-order valence-corrected chi connectivity index (χ4v) is 3.42. The second-order valence-corrected chi connectivity index (χ2v) is 7.48. The number of nitrogens with one attached hydrogen (secondary N) is 1. The molecule has 1 heterocycles. The molecule has 6 nitrogen and oxygen atoms in total. The van der Waals surface area contributed by atoms with Gasteiger partial charge in [0.15, 0.2) is 5.75 Å². The van der Waals surface area contributed by atoms with E-state index in [4.69, 9.17) is 14.5 Å². The van der Waals surface area contributed by atoms with Crippen LogP contribution in [-0.4, -0.2) is 44.0 Å². The Morgan fingerprint density at radius 1 is 1.09 bits per heavy atom. The van der Waals surface area contributed by atoms with Crippen LogP contribution >= 0.6 is 0 Å². The third-order valence-electron chi connectivity index (χ3n) is 5.09. The smallest absolute Gasteiger partial charge is 0.228 e. The van der Waals surface area contributed by atoms with Crippen LogP contribution in [0, 0.1) is 5.82 Å². The largest absolute Gasteiger partial charge is 0.454 e. The van der Waals surface area contributed by atoms with Gasteiger partial charge in [0, 0.05) is 26.4 Å². The number of para-hydroxylation sites is 2. The van der Waals surface area contributed by atoms with Crippen molar-refractivity contribution >= 4 is 23.1 Å². The number of rotatable bonds is 6. The summed E-state index contributed by atoms with van der Waals surface area (Å²) in [6.07, 6.45) is 0.147. The first-order valence-corrected chi connectivity index (χ1v) is 10.3. The molecule has 0 saturated carbocycles. The summed E-state index contributed by atoms with van der Waals surface area (Å²) < 4.78 is 24.5. The molecule has 0 aromatic heterocycles. The molecule has 0 unspecified atom stereocenters. The molecule has 1 aliphatic rings. The molecule has 7 heteroatoms. The van der Waals surface area contributed by atoms with Crippen molar-refractivity contribution in [2.75, 3.05) is 32.6 Å². The number of nitrogens with zero attached hydrogens (tertiary/aromatic N) is 2. The van der Waals surface area contributed by atoms with E-state index >= 15 is 0 Å². The summed E-state index contributed by atoms with van der Waals surface area (Å²) in [7, 11) is 3.60. The van der Waals surface area contributed by atoms with E-state index in [9.17, 15) is 9.18 Å². The lowest BCUT2D eigenvalue weighted by Gasteiger charge is -2.22. The van der Waals surface area contributed by atoms with E-state index in [1.54, 1.807) is 25.3 Å². The predicted octanol–water partition coefficient (Wildman–Crippen LogP) is 4.77. The highest BCUT2D eigenvalue weighted by Crippen LogP contribution is 2.38. The van der Waals surface area contributed by atoms with Gasteiger partial charge in [-0.15, -0.1) is 0 Å². The zero-order valence-electron chi connectivity index (χ0n) is 18.0. The maximum atomic E-state index is 13.1. The summed E-state index contributed by atoms with van der Waals surface area (Å²) in [4.78, 5) is 19.4. The van der Waals surface area contributed by atoms with Crippen molar-refractivity contribution in [3.05, 3.63) is 83.7 Å². The highest BCUT2D eigenvalue weighted by molar-refractivity contribution is 6.05.